The van der Waals surface area contributed by atoms with E-state index < -0.39 is 7.38 Å². The van der Waals surface area contributed by atoms with Gasteiger partial charge in [0.2, 0.25) is 0 Å². The minimum Gasteiger partial charge on any atom is -0.162 e. The van der Waals surface area contributed by atoms with E-state index in [0.29, 0.717) is 0 Å². The lowest BCUT2D eigenvalue weighted by Gasteiger charge is -2.03. The molecule has 0 radical (unpaired) electrons. The summed E-state index contributed by atoms with van der Waals surface area (Å²) in [4.78, 5) is 0. The van der Waals surface area contributed by atoms with Crippen molar-refractivity contribution in [2.24, 2.45) is 0 Å². The second-order valence-electron chi connectivity index (χ2n) is 3.11. The highest BCUT2D eigenvalue weighted by Gasteiger charge is 2.09. The number of hydrogen-bond donors (Lipinski definition) is 0. The summed E-state index contributed by atoms with van der Waals surface area (Å²) >= 11 is 6.06. The zero-order chi connectivity index (χ0) is 8.04. The Morgan fingerprint density at radius 3 is 2.40 bits per heavy atom. The quantitative estimate of drug-likeness (QED) is 0.348. The molecule has 10 heavy (non-hydrogen) atoms. The second kappa shape index (κ2) is 4.97. The maximum absolute atomic E-state index is 6.06. The fourth-order valence-corrected chi connectivity index (χ4v) is 1.68. The fourth-order valence-electron chi connectivity index (χ4n) is 0.686. The predicted molar refractivity (Wildman–Crippen MR) is 52.0 cm³/mol. The summed E-state index contributed by atoms with van der Waals surface area (Å²) in [6.45, 7) is 6.48. The van der Waals surface area contributed by atoms with E-state index in [9.17, 15) is 0 Å². The van der Waals surface area contributed by atoms with Gasteiger partial charge in [0.15, 0.2) is 7.38 Å². The second-order valence-corrected chi connectivity index (χ2v) is 9.49. The third-order valence-corrected chi connectivity index (χ3v) is 2.64. The summed E-state index contributed by atoms with van der Waals surface area (Å²) in [7, 11) is -1.42. The molecule has 0 unspecified atom stereocenters. The topological polar surface area (TPSA) is 0 Å². The Hall–Kier alpha value is 0.247. The predicted octanol–water partition coefficient (Wildman–Crippen LogP) is 3.72. The van der Waals surface area contributed by atoms with E-state index in [1.54, 1.807) is 0 Å². The molecule has 2 heteroatoms. The van der Waals surface area contributed by atoms with E-state index in [4.69, 9.17) is 11.1 Å². The number of unbranched alkanes of at least 4 members (excludes halogenated alkanes) is 2. The van der Waals surface area contributed by atoms with E-state index in [1.165, 1.54) is 19.3 Å². The van der Waals surface area contributed by atoms with Crippen LogP contribution in [-0.2, 0) is 0 Å². The Kier molecular flexibility index (Phi) is 5.09. The number of rotatable bonds is 4. The smallest absolute Gasteiger partial charge is 0.162 e. The van der Waals surface area contributed by atoms with Gasteiger partial charge in [0.1, 0.15) is 0 Å². The van der Waals surface area contributed by atoms with Crippen LogP contribution < -0.4 is 0 Å². The van der Waals surface area contributed by atoms with Crippen LogP contribution in [0.3, 0.4) is 0 Å². The zero-order valence-corrected chi connectivity index (χ0v) is 8.91. The van der Waals surface area contributed by atoms with E-state index in [2.05, 4.69) is 31.8 Å². The van der Waals surface area contributed by atoms with Crippen LogP contribution in [0.15, 0.2) is 11.8 Å². The molecule has 0 spiro atoms. The Balaban J connectivity index is 3.37. The van der Waals surface area contributed by atoms with E-state index in [1.807, 2.05) is 0 Å². The van der Waals surface area contributed by atoms with Gasteiger partial charge in [-0.25, -0.2) is 0 Å². The molecule has 0 amide bonds. The van der Waals surface area contributed by atoms with Gasteiger partial charge in [-0.15, -0.1) is 0 Å². The van der Waals surface area contributed by atoms with Crippen molar-refractivity contribution in [3.05, 3.63) is 11.8 Å². The monoisotopic (exact) mass is 176 g/mol. The molecule has 0 heterocycles. The summed E-state index contributed by atoms with van der Waals surface area (Å²) in [6.07, 6.45) is 5.98. The maximum atomic E-state index is 6.06. The summed E-state index contributed by atoms with van der Waals surface area (Å²) in [5.41, 5.74) is 2.20. The number of allylic oxidation sites excluding steroid dienone is 1. The molecule has 0 fully saturated rings. The van der Waals surface area contributed by atoms with Crippen molar-refractivity contribution in [3.8, 4) is 0 Å². The Bertz CT molecular complexity index is 102. The number of hydrogen-bond acceptors (Lipinski definition) is 0. The van der Waals surface area contributed by atoms with Gasteiger partial charge in [-0.2, -0.15) is 11.1 Å². The summed E-state index contributed by atoms with van der Waals surface area (Å²) in [5, 5.41) is 0. The molecule has 0 aliphatic rings. The Morgan fingerprint density at radius 2 is 2.00 bits per heavy atom. The molecule has 0 saturated carbocycles. The van der Waals surface area contributed by atoms with Crippen LogP contribution in [0, 0.1) is 0 Å². The molecule has 0 rings (SSSR count). The van der Waals surface area contributed by atoms with Crippen molar-refractivity contribution >= 4 is 18.5 Å². The van der Waals surface area contributed by atoms with E-state index in [-0.39, 0.29) is 0 Å². The van der Waals surface area contributed by atoms with Gasteiger partial charge >= 0.3 is 0 Å². The zero-order valence-electron chi connectivity index (χ0n) is 7.15. The van der Waals surface area contributed by atoms with Gasteiger partial charge < -0.3 is 0 Å². The van der Waals surface area contributed by atoms with Crippen molar-refractivity contribution < 1.29 is 0 Å². The van der Waals surface area contributed by atoms with Crippen molar-refractivity contribution in [2.45, 2.75) is 39.3 Å². The SMILES string of the molecule is CCCC/C=C\[Si](C)(C)Cl. The van der Waals surface area contributed by atoms with Gasteiger partial charge in [-0.05, 0) is 6.42 Å². The summed E-state index contributed by atoms with van der Waals surface area (Å²) in [6, 6.07) is 0. The molecule has 0 aliphatic heterocycles. The molecule has 60 valence electrons. The van der Waals surface area contributed by atoms with Crippen LogP contribution >= 0.6 is 11.1 Å². The summed E-state index contributed by atoms with van der Waals surface area (Å²) < 4.78 is 0. The lowest BCUT2D eigenvalue weighted by molar-refractivity contribution is 0.815. The van der Waals surface area contributed by atoms with Gasteiger partial charge in [-0.1, -0.05) is 44.6 Å². The third kappa shape index (κ3) is 8.25. The molecule has 0 aromatic heterocycles. The molecule has 0 N–H and O–H groups in total. The van der Waals surface area contributed by atoms with Crippen LogP contribution in [0.1, 0.15) is 26.2 Å². The van der Waals surface area contributed by atoms with Crippen LogP contribution in [0.4, 0.5) is 0 Å². The van der Waals surface area contributed by atoms with Crippen molar-refractivity contribution in [2.75, 3.05) is 0 Å². The first-order valence-corrected chi connectivity index (χ1v) is 8.02. The Morgan fingerprint density at radius 1 is 1.40 bits per heavy atom. The molecule has 0 aliphatic carbocycles. The van der Waals surface area contributed by atoms with Gasteiger partial charge in [-0.3, -0.25) is 0 Å². The molecule has 0 saturated heterocycles. The number of halogens is 1. The van der Waals surface area contributed by atoms with Gasteiger partial charge in [0, 0.05) is 0 Å². The molecule has 0 bridgehead atoms. The van der Waals surface area contributed by atoms with Crippen molar-refractivity contribution in [3.63, 3.8) is 0 Å². The molecule has 0 aromatic rings. The van der Waals surface area contributed by atoms with Crippen LogP contribution in [-0.4, -0.2) is 7.38 Å². The molecule has 0 atom stereocenters. The third-order valence-electron chi connectivity index (χ3n) is 1.24. The maximum Gasteiger partial charge on any atom is 0.173 e. The summed E-state index contributed by atoms with van der Waals surface area (Å²) in [5.74, 6) is 0. The molecule has 0 aromatic carbocycles. The van der Waals surface area contributed by atoms with Crippen LogP contribution in [0.5, 0.6) is 0 Å². The minimum absolute atomic E-state index is 1.19. The standard InChI is InChI=1S/C8H17ClSi/c1-4-5-6-7-8-10(2,3)9/h7-8H,4-6H2,1-3H3/b8-7-. The highest BCUT2D eigenvalue weighted by atomic mass is 35.6. The van der Waals surface area contributed by atoms with Crippen LogP contribution in [0.25, 0.3) is 0 Å². The van der Waals surface area contributed by atoms with Gasteiger partial charge in [0.05, 0.1) is 0 Å². The normalized spacial score (nSPS) is 12.8. The average molecular weight is 177 g/mol. The van der Waals surface area contributed by atoms with Crippen molar-refractivity contribution in [1.82, 2.24) is 0 Å². The lowest BCUT2D eigenvalue weighted by atomic mass is 10.2. The highest BCUT2D eigenvalue weighted by molar-refractivity contribution is 7.21. The first-order valence-electron chi connectivity index (χ1n) is 3.93. The minimum atomic E-state index is -1.42. The highest BCUT2D eigenvalue weighted by Crippen LogP contribution is 2.09. The van der Waals surface area contributed by atoms with E-state index >= 15 is 0 Å². The van der Waals surface area contributed by atoms with Crippen molar-refractivity contribution in [1.29, 1.82) is 0 Å². The van der Waals surface area contributed by atoms with Crippen LogP contribution in [0.2, 0.25) is 13.1 Å². The molecular weight excluding hydrogens is 160 g/mol. The van der Waals surface area contributed by atoms with E-state index in [0.717, 1.165) is 0 Å². The molecule has 0 nitrogen and oxygen atoms in total. The lowest BCUT2D eigenvalue weighted by Crippen LogP contribution is -2.11. The van der Waals surface area contributed by atoms with Gasteiger partial charge in [0.25, 0.3) is 0 Å². The molecular formula is C8H17ClSi. The largest absolute Gasteiger partial charge is 0.173 e. The average Bonchev–Trinajstić information content (AvgIpc) is 1.78. The fraction of sp³-hybridized carbons (Fsp3) is 0.750. The Labute approximate surface area is 70.0 Å². The first-order chi connectivity index (χ1) is 4.56. The first kappa shape index (κ1) is 10.2.